The molecule has 0 fully saturated rings. The maximum Gasteiger partial charge on any atom is 0.0906 e. The van der Waals surface area contributed by atoms with Gasteiger partial charge in [-0.15, -0.1) is 0 Å². The van der Waals surface area contributed by atoms with Crippen LogP contribution in [0.3, 0.4) is 0 Å². The summed E-state index contributed by atoms with van der Waals surface area (Å²) in [6, 6.07) is 8.02. The van der Waals surface area contributed by atoms with Gasteiger partial charge in [0, 0.05) is 6.42 Å². The highest BCUT2D eigenvalue weighted by atomic mass is 16.3. The molecule has 0 aliphatic heterocycles. The van der Waals surface area contributed by atoms with Crippen LogP contribution in [0.2, 0.25) is 0 Å². The van der Waals surface area contributed by atoms with Crippen molar-refractivity contribution in [3.63, 3.8) is 0 Å². The molecule has 1 aliphatic carbocycles. The zero-order chi connectivity index (χ0) is 7.90. The smallest absolute Gasteiger partial charge is 0.0906 e. The van der Waals surface area contributed by atoms with E-state index in [1.54, 1.807) is 0 Å². The average molecular weight is 147 g/mol. The van der Waals surface area contributed by atoms with Crippen LogP contribution in [0.5, 0.6) is 0 Å². The van der Waals surface area contributed by atoms with Crippen LogP contribution < -0.4 is 0 Å². The third-order valence-electron chi connectivity index (χ3n) is 2.28. The van der Waals surface area contributed by atoms with Gasteiger partial charge < -0.3 is 5.11 Å². The average Bonchev–Trinajstić information content (AvgIpc) is 2.29. The number of fused-ring (bicyclic) bond motifs is 1. The molecule has 0 saturated heterocycles. The van der Waals surface area contributed by atoms with Crippen molar-refractivity contribution in [2.75, 3.05) is 0 Å². The number of hydrogen-bond donors (Lipinski definition) is 1. The molecular formula is C10H11O. The fraction of sp³-hybridized carbons (Fsp3) is 0.300. The predicted octanol–water partition coefficient (Wildman–Crippen LogP) is 1.65. The summed E-state index contributed by atoms with van der Waals surface area (Å²) in [5.41, 5.74) is 1.61. The summed E-state index contributed by atoms with van der Waals surface area (Å²) in [5, 5.41) is 9.79. The van der Waals surface area contributed by atoms with E-state index in [0.717, 1.165) is 12.0 Å². The van der Waals surface area contributed by atoms with Crippen molar-refractivity contribution in [3.8, 4) is 0 Å². The number of rotatable bonds is 0. The van der Waals surface area contributed by atoms with Crippen molar-refractivity contribution in [1.29, 1.82) is 0 Å². The topological polar surface area (TPSA) is 20.2 Å². The van der Waals surface area contributed by atoms with E-state index in [9.17, 15) is 5.11 Å². The first-order valence-electron chi connectivity index (χ1n) is 3.85. The standard InChI is InChI=1S/C10H11O/c1-10(11)7-6-8-4-2-3-5-9(8)10/h2-5,7,11H,6H2,1H3. The Morgan fingerprint density at radius 1 is 1.36 bits per heavy atom. The fourth-order valence-electron chi connectivity index (χ4n) is 1.61. The van der Waals surface area contributed by atoms with Gasteiger partial charge in [0.1, 0.15) is 0 Å². The van der Waals surface area contributed by atoms with Gasteiger partial charge in [-0.25, -0.2) is 0 Å². The second-order valence-electron chi connectivity index (χ2n) is 3.21. The molecule has 0 heterocycles. The Bertz CT molecular complexity index is 276. The van der Waals surface area contributed by atoms with Crippen LogP contribution in [-0.2, 0) is 12.0 Å². The highest BCUT2D eigenvalue weighted by molar-refractivity contribution is 5.40. The summed E-state index contributed by atoms with van der Waals surface area (Å²) >= 11 is 0. The fourth-order valence-corrected chi connectivity index (χ4v) is 1.61. The molecule has 0 amide bonds. The van der Waals surface area contributed by atoms with Crippen LogP contribution in [0.25, 0.3) is 0 Å². The molecule has 2 rings (SSSR count). The Morgan fingerprint density at radius 2 is 2.09 bits per heavy atom. The third kappa shape index (κ3) is 0.962. The Balaban J connectivity index is 2.56. The van der Waals surface area contributed by atoms with E-state index in [-0.39, 0.29) is 0 Å². The highest BCUT2D eigenvalue weighted by Gasteiger charge is 2.31. The molecule has 0 saturated carbocycles. The van der Waals surface area contributed by atoms with Gasteiger partial charge in [0.05, 0.1) is 5.60 Å². The largest absolute Gasteiger partial charge is 0.385 e. The molecule has 1 aromatic rings. The van der Waals surface area contributed by atoms with Gasteiger partial charge in [-0.05, 0) is 24.5 Å². The van der Waals surface area contributed by atoms with E-state index in [2.05, 4.69) is 6.07 Å². The van der Waals surface area contributed by atoms with E-state index >= 15 is 0 Å². The van der Waals surface area contributed by atoms with Gasteiger partial charge in [0.25, 0.3) is 0 Å². The minimum atomic E-state index is -0.698. The van der Waals surface area contributed by atoms with Gasteiger partial charge in [-0.2, -0.15) is 0 Å². The molecular weight excluding hydrogens is 136 g/mol. The molecule has 0 aromatic heterocycles. The van der Waals surface area contributed by atoms with E-state index in [1.165, 1.54) is 5.56 Å². The van der Waals surface area contributed by atoms with Crippen LogP contribution in [0.4, 0.5) is 0 Å². The van der Waals surface area contributed by atoms with Gasteiger partial charge in [-0.3, -0.25) is 0 Å². The lowest BCUT2D eigenvalue weighted by molar-refractivity contribution is 0.0990. The first-order valence-corrected chi connectivity index (χ1v) is 3.85. The Kier molecular flexibility index (Phi) is 1.30. The number of aliphatic hydroxyl groups is 1. The van der Waals surface area contributed by atoms with Crippen LogP contribution >= 0.6 is 0 Å². The summed E-state index contributed by atoms with van der Waals surface area (Å²) in [7, 11) is 0. The molecule has 11 heavy (non-hydrogen) atoms. The van der Waals surface area contributed by atoms with Gasteiger partial charge >= 0.3 is 0 Å². The summed E-state index contributed by atoms with van der Waals surface area (Å²) in [5.74, 6) is 0. The van der Waals surface area contributed by atoms with Crippen LogP contribution in [0, 0.1) is 6.42 Å². The lowest BCUT2D eigenvalue weighted by Crippen LogP contribution is -2.16. The Labute approximate surface area is 66.7 Å². The highest BCUT2D eigenvalue weighted by Crippen LogP contribution is 2.34. The van der Waals surface area contributed by atoms with E-state index in [1.807, 2.05) is 31.5 Å². The zero-order valence-electron chi connectivity index (χ0n) is 6.54. The SMILES string of the molecule is CC1(O)[CH]Cc2ccccc21. The van der Waals surface area contributed by atoms with E-state index < -0.39 is 5.60 Å². The summed E-state index contributed by atoms with van der Waals surface area (Å²) in [6.45, 7) is 1.83. The first-order chi connectivity index (χ1) is 5.20. The van der Waals surface area contributed by atoms with Crippen molar-refractivity contribution < 1.29 is 5.11 Å². The molecule has 1 atom stereocenters. The molecule has 1 heteroatoms. The summed E-state index contributed by atoms with van der Waals surface area (Å²) in [6.07, 6.45) is 2.83. The summed E-state index contributed by atoms with van der Waals surface area (Å²) in [4.78, 5) is 0. The monoisotopic (exact) mass is 147 g/mol. The molecule has 1 aliphatic rings. The summed E-state index contributed by atoms with van der Waals surface area (Å²) < 4.78 is 0. The van der Waals surface area contributed by atoms with Crippen molar-refractivity contribution in [1.82, 2.24) is 0 Å². The van der Waals surface area contributed by atoms with Gasteiger partial charge in [0.2, 0.25) is 0 Å². The molecule has 1 unspecified atom stereocenters. The van der Waals surface area contributed by atoms with Crippen molar-refractivity contribution >= 4 is 0 Å². The lowest BCUT2D eigenvalue weighted by atomic mass is 9.99. The molecule has 0 spiro atoms. The van der Waals surface area contributed by atoms with Gasteiger partial charge in [0.15, 0.2) is 0 Å². The predicted molar refractivity (Wildman–Crippen MR) is 44.0 cm³/mol. The first kappa shape index (κ1) is 6.86. The maximum absolute atomic E-state index is 9.79. The lowest BCUT2D eigenvalue weighted by Gasteiger charge is -2.16. The molecule has 57 valence electrons. The van der Waals surface area contributed by atoms with Crippen molar-refractivity contribution in [3.05, 3.63) is 41.8 Å². The van der Waals surface area contributed by atoms with Crippen LogP contribution in [0.1, 0.15) is 18.1 Å². The minimum absolute atomic E-state index is 0.698. The van der Waals surface area contributed by atoms with Crippen molar-refractivity contribution in [2.24, 2.45) is 0 Å². The Morgan fingerprint density at radius 3 is 2.82 bits per heavy atom. The quantitative estimate of drug-likeness (QED) is 0.591. The molecule has 1 aromatic carbocycles. The van der Waals surface area contributed by atoms with E-state index in [4.69, 9.17) is 0 Å². The molecule has 1 N–H and O–H groups in total. The van der Waals surface area contributed by atoms with E-state index in [0.29, 0.717) is 0 Å². The van der Waals surface area contributed by atoms with Crippen molar-refractivity contribution in [2.45, 2.75) is 18.9 Å². The molecule has 1 radical (unpaired) electrons. The van der Waals surface area contributed by atoms with Crippen LogP contribution in [-0.4, -0.2) is 5.11 Å². The second kappa shape index (κ2) is 2.08. The third-order valence-corrected chi connectivity index (χ3v) is 2.28. The Hall–Kier alpha value is -0.820. The molecule has 0 bridgehead atoms. The normalized spacial score (nSPS) is 28.5. The van der Waals surface area contributed by atoms with Gasteiger partial charge in [-0.1, -0.05) is 24.3 Å². The van der Waals surface area contributed by atoms with Crippen LogP contribution in [0.15, 0.2) is 24.3 Å². The zero-order valence-corrected chi connectivity index (χ0v) is 6.54. The maximum atomic E-state index is 9.79. The number of hydrogen-bond acceptors (Lipinski definition) is 1. The number of benzene rings is 1. The minimum Gasteiger partial charge on any atom is -0.385 e. The molecule has 1 nitrogen and oxygen atoms in total. The second-order valence-corrected chi connectivity index (χ2v) is 3.21.